The van der Waals surface area contributed by atoms with Crippen LogP contribution in [-0.4, -0.2) is 28.4 Å². The number of thiazole rings is 1. The summed E-state index contributed by atoms with van der Waals surface area (Å²) in [5.41, 5.74) is 2.57. The van der Waals surface area contributed by atoms with E-state index in [0.717, 1.165) is 22.2 Å². The highest BCUT2D eigenvalue weighted by molar-refractivity contribution is 7.22. The second-order valence-corrected chi connectivity index (χ2v) is 11.2. The Bertz CT molecular complexity index is 1470. The van der Waals surface area contributed by atoms with Crippen LogP contribution in [0.4, 0.5) is 5.13 Å². The Morgan fingerprint density at radius 2 is 2.00 bits per heavy atom. The molecule has 0 saturated carbocycles. The van der Waals surface area contributed by atoms with Gasteiger partial charge in [0.2, 0.25) is 5.78 Å². The minimum atomic E-state index is -0.831. The number of anilines is 1. The molecule has 1 atom stereocenters. The number of thiophene rings is 1. The van der Waals surface area contributed by atoms with Crippen LogP contribution in [0.25, 0.3) is 10.2 Å². The number of ether oxygens (including phenoxy) is 1. The molecule has 1 amide bonds. The average molecular weight is 519 g/mol. The largest absolute Gasteiger partial charge is 0.503 e. The highest BCUT2D eigenvalue weighted by atomic mass is 32.1. The number of aliphatic hydroxyl groups excluding tert-OH is 1. The van der Waals surface area contributed by atoms with Gasteiger partial charge >= 0.3 is 0 Å². The third kappa shape index (κ3) is 4.54. The fraction of sp³-hybridized carbons (Fsp3) is 0.250. The summed E-state index contributed by atoms with van der Waals surface area (Å²) in [7, 11) is 0. The number of aryl methyl sites for hydroxylation is 1. The number of hydrogen-bond donors (Lipinski definition) is 1. The van der Waals surface area contributed by atoms with Crippen molar-refractivity contribution in [1.29, 1.82) is 0 Å². The van der Waals surface area contributed by atoms with Crippen molar-refractivity contribution in [3.63, 3.8) is 0 Å². The molecule has 2 aromatic carbocycles. The number of amides is 1. The second kappa shape index (κ2) is 9.87. The van der Waals surface area contributed by atoms with Crippen LogP contribution < -0.4 is 9.64 Å². The molecule has 0 aliphatic carbocycles. The van der Waals surface area contributed by atoms with Gasteiger partial charge < -0.3 is 9.84 Å². The molecular weight excluding hydrogens is 492 g/mol. The van der Waals surface area contributed by atoms with Gasteiger partial charge in [0.15, 0.2) is 10.9 Å². The van der Waals surface area contributed by atoms with Crippen LogP contribution in [0, 0.1) is 12.8 Å². The van der Waals surface area contributed by atoms with Gasteiger partial charge in [-0.2, -0.15) is 0 Å². The lowest BCUT2D eigenvalue weighted by atomic mass is 9.95. The van der Waals surface area contributed by atoms with E-state index in [1.165, 1.54) is 27.6 Å². The quantitative estimate of drug-likeness (QED) is 0.257. The van der Waals surface area contributed by atoms with E-state index in [1.807, 2.05) is 49.4 Å². The molecule has 0 saturated heterocycles. The number of hydrogen-bond acceptors (Lipinski definition) is 7. The van der Waals surface area contributed by atoms with Crippen molar-refractivity contribution in [3.8, 4) is 5.75 Å². The van der Waals surface area contributed by atoms with Crippen molar-refractivity contribution in [2.75, 3.05) is 11.5 Å². The fourth-order valence-corrected chi connectivity index (χ4v) is 5.97. The molecule has 4 aromatic rings. The molecule has 3 heterocycles. The molecular formula is C28H26N2O4S2. The van der Waals surface area contributed by atoms with E-state index in [9.17, 15) is 14.7 Å². The Morgan fingerprint density at radius 1 is 1.17 bits per heavy atom. The molecule has 1 aliphatic heterocycles. The summed E-state index contributed by atoms with van der Waals surface area (Å²) in [6, 6.07) is 15.9. The van der Waals surface area contributed by atoms with Gasteiger partial charge in [-0.15, -0.1) is 11.3 Å². The van der Waals surface area contributed by atoms with E-state index in [-0.39, 0.29) is 11.4 Å². The zero-order valence-electron chi connectivity index (χ0n) is 20.2. The molecule has 0 spiro atoms. The maximum absolute atomic E-state index is 13.5. The number of aromatic nitrogens is 1. The molecule has 6 nitrogen and oxygen atoms in total. The van der Waals surface area contributed by atoms with Gasteiger partial charge in [0, 0.05) is 0 Å². The van der Waals surface area contributed by atoms with Crippen LogP contribution in [0.2, 0.25) is 0 Å². The van der Waals surface area contributed by atoms with Gasteiger partial charge in [-0.3, -0.25) is 14.5 Å². The molecule has 5 rings (SSSR count). The number of carbonyl (C=O) groups is 2. The summed E-state index contributed by atoms with van der Waals surface area (Å²) in [6.07, 6.45) is 0.909. The average Bonchev–Trinajstić information content (AvgIpc) is 3.57. The van der Waals surface area contributed by atoms with Crippen molar-refractivity contribution < 1.29 is 19.4 Å². The summed E-state index contributed by atoms with van der Waals surface area (Å²) in [6.45, 7) is 6.83. The number of ketones is 1. The number of Topliss-reactive ketones (excluding diaryl/α,β-unsaturated/α-hetero) is 1. The van der Waals surface area contributed by atoms with Crippen molar-refractivity contribution in [1.82, 2.24) is 4.98 Å². The summed E-state index contributed by atoms with van der Waals surface area (Å²) in [5, 5.41) is 13.2. The Kier molecular flexibility index (Phi) is 6.64. The molecule has 184 valence electrons. The maximum Gasteiger partial charge on any atom is 0.296 e. The molecule has 0 fully saturated rings. The Hall–Kier alpha value is -3.49. The van der Waals surface area contributed by atoms with Gasteiger partial charge in [0.25, 0.3) is 5.91 Å². The van der Waals surface area contributed by atoms with Crippen LogP contribution in [0.1, 0.15) is 47.1 Å². The first-order chi connectivity index (χ1) is 17.3. The number of carbonyl (C=O) groups excluding carboxylic acids is 2. The Balaban J connectivity index is 1.60. The van der Waals surface area contributed by atoms with Crippen LogP contribution in [0.15, 0.2) is 71.3 Å². The first kappa shape index (κ1) is 24.2. The van der Waals surface area contributed by atoms with E-state index >= 15 is 0 Å². The van der Waals surface area contributed by atoms with E-state index in [0.29, 0.717) is 33.8 Å². The molecule has 0 radical (unpaired) electrons. The standard InChI is InChI=1S/C28H26N2O4S2/c1-16(2)11-12-34-19-7-4-6-18(15-19)24-23(25(31)21-8-5-13-35-21)26(32)27(33)30(24)28-29-20-10-9-17(3)14-22(20)36-28/h4-10,13-16,24,32H,11-12H2,1-3H3. The first-order valence-corrected chi connectivity index (χ1v) is 13.5. The van der Waals surface area contributed by atoms with Gasteiger partial charge in [0.1, 0.15) is 5.75 Å². The molecule has 8 heteroatoms. The SMILES string of the molecule is Cc1ccc2nc(N3C(=O)C(O)=C(C(=O)c4cccs4)C3c3cccc(OCCC(C)C)c3)sc2c1. The van der Waals surface area contributed by atoms with Gasteiger partial charge in [0.05, 0.1) is 33.3 Å². The van der Waals surface area contributed by atoms with Crippen molar-refractivity contribution >= 4 is 49.7 Å². The predicted molar refractivity (Wildman–Crippen MR) is 144 cm³/mol. The van der Waals surface area contributed by atoms with Gasteiger partial charge in [-0.05, 0) is 66.1 Å². The summed E-state index contributed by atoms with van der Waals surface area (Å²) in [5.74, 6) is -0.392. The lowest BCUT2D eigenvalue weighted by Gasteiger charge is -2.24. The van der Waals surface area contributed by atoms with E-state index in [4.69, 9.17) is 9.72 Å². The van der Waals surface area contributed by atoms with Gasteiger partial charge in [-0.25, -0.2) is 4.98 Å². The topological polar surface area (TPSA) is 79.7 Å². The normalized spacial score (nSPS) is 15.9. The summed E-state index contributed by atoms with van der Waals surface area (Å²) in [4.78, 5) is 33.6. The van der Waals surface area contributed by atoms with E-state index < -0.39 is 17.7 Å². The monoisotopic (exact) mass is 518 g/mol. The van der Waals surface area contributed by atoms with Crippen LogP contribution >= 0.6 is 22.7 Å². The third-order valence-electron chi connectivity index (χ3n) is 6.07. The summed E-state index contributed by atoms with van der Waals surface area (Å²) < 4.78 is 6.89. The lowest BCUT2D eigenvalue weighted by Crippen LogP contribution is -2.30. The van der Waals surface area contributed by atoms with Crippen LogP contribution in [-0.2, 0) is 4.79 Å². The number of aliphatic hydroxyl groups is 1. The predicted octanol–water partition coefficient (Wildman–Crippen LogP) is 6.87. The number of rotatable bonds is 8. The fourth-order valence-electron chi connectivity index (χ4n) is 4.20. The van der Waals surface area contributed by atoms with Crippen LogP contribution in [0.3, 0.4) is 0 Å². The van der Waals surface area contributed by atoms with Crippen LogP contribution in [0.5, 0.6) is 5.75 Å². The highest BCUT2D eigenvalue weighted by Gasteiger charge is 2.46. The highest BCUT2D eigenvalue weighted by Crippen LogP contribution is 2.45. The third-order valence-corrected chi connectivity index (χ3v) is 7.96. The summed E-state index contributed by atoms with van der Waals surface area (Å²) >= 11 is 2.64. The number of nitrogens with zero attached hydrogens (tertiary/aromatic N) is 2. The van der Waals surface area contributed by atoms with Crippen molar-refractivity contribution in [3.05, 3.63) is 87.3 Å². The molecule has 36 heavy (non-hydrogen) atoms. The Morgan fingerprint density at radius 3 is 2.75 bits per heavy atom. The Labute approximate surface area is 217 Å². The smallest absolute Gasteiger partial charge is 0.296 e. The second-order valence-electron chi connectivity index (χ2n) is 9.22. The molecule has 0 bridgehead atoms. The van der Waals surface area contributed by atoms with E-state index in [2.05, 4.69) is 13.8 Å². The molecule has 1 N–H and O–H groups in total. The zero-order chi connectivity index (χ0) is 25.4. The molecule has 1 aliphatic rings. The molecule has 2 aromatic heterocycles. The lowest BCUT2D eigenvalue weighted by molar-refractivity contribution is -0.117. The zero-order valence-corrected chi connectivity index (χ0v) is 21.9. The molecule has 1 unspecified atom stereocenters. The van der Waals surface area contributed by atoms with Crippen molar-refractivity contribution in [2.45, 2.75) is 33.2 Å². The maximum atomic E-state index is 13.5. The first-order valence-electron chi connectivity index (χ1n) is 11.8. The minimum Gasteiger partial charge on any atom is -0.503 e. The number of fused-ring (bicyclic) bond motifs is 1. The minimum absolute atomic E-state index is 0.0530. The van der Waals surface area contributed by atoms with Crippen molar-refractivity contribution in [2.24, 2.45) is 5.92 Å². The van der Waals surface area contributed by atoms with Gasteiger partial charge in [-0.1, -0.05) is 49.4 Å². The van der Waals surface area contributed by atoms with E-state index in [1.54, 1.807) is 17.5 Å². The number of benzene rings is 2.